The Bertz CT molecular complexity index is 456. The van der Waals surface area contributed by atoms with Gasteiger partial charge in [0.25, 0.3) is 0 Å². The number of nitrogens with one attached hydrogen (secondary N) is 1. The van der Waals surface area contributed by atoms with Crippen molar-refractivity contribution >= 4 is 17.9 Å². The van der Waals surface area contributed by atoms with Gasteiger partial charge in [-0.05, 0) is 37.1 Å². The van der Waals surface area contributed by atoms with Crippen LogP contribution in [0.5, 0.6) is 5.75 Å². The number of aldehydes is 1. The number of hydrogen-bond acceptors (Lipinski definition) is 5. The Morgan fingerprint density at radius 3 is 2.33 bits per heavy atom. The van der Waals surface area contributed by atoms with Crippen LogP contribution < -0.4 is 10.1 Å². The van der Waals surface area contributed by atoms with Crippen LogP contribution in [0.2, 0.25) is 0 Å². The molecule has 0 aliphatic carbocycles. The lowest BCUT2D eigenvalue weighted by molar-refractivity contribution is -0.146. The van der Waals surface area contributed by atoms with Gasteiger partial charge in [0.05, 0.1) is 13.7 Å². The molecule has 0 saturated carbocycles. The van der Waals surface area contributed by atoms with E-state index in [4.69, 9.17) is 9.47 Å². The molecule has 0 aliphatic rings. The molecule has 0 fully saturated rings. The number of ether oxygens (including phenoxy) is 2. The lowest BCUT2D eigenvalue weighted by Gasteiger charge is -2.26. The van der Waals surface area contributed by atoms with Crippen LogP contribution in [-0.4, -0.2) is 32.0 Å². The van der Waals surface area contributed by atoms with Crippen LogP contribution in [0.15, 0.2) is 24.3 Å². The van der Waals surface area contributed by atoms with E-state index in [0.29, 0.717) is 0 Å². The van der Waals surface area contributed by atoms with Crippen molar-refractivity contribution in [3.63, 3.8) is 0 Å². The largest absolute Gasteiger partial charge is 0.497 e. The SMILES string of the molecule is CCOC(=O)[C@@H](Nc1ccc(OC)cc1)[C@H](C=O)C(C)C. The Hall–Kier alpha value is -2.04. The highest BCUT2D eigenvalue weighted by Crippen LogP contribution is 2.21. The molecule has 1 rings (SSSR count). The molecule has 2 atom stereocenters. The molecule has 5 nitrogen and oxygen atoms in total. The molecule has 5 heteroatoms. The third-order valence-corrected chi connectivity index (χ3v) is 3.26. The molecule has 0 bridgehead atoms. The Morgan fingerprint density at radius 2 is 1.90 bits per heavy atom. The zero-order valence-corrected chi connectivity index (χ0v) is 13.0. The van der Waals surface area contributed by atoms with Crippen LogP contribution in [0, 0.1) is 11.8 Å². The standard InChI is InChI=1S/C16H23NO4/c1-5-21-16(19)15(14(10-18)11(2)3)17-12-6-8-13(20-4)9-7-12/h6-11,14-15,17H,5H2,1-4H3/t14-,15+/m1/s1. The third-order valence-electron chi connectivity index (χ3n) is 3.26. The topological polar surface area (TPSA) is 64.6 Å². The monoisotopic (exact) mass is 293 g/mol. The van der Waals surface area contributed by atoms with Crippen molar-refractivity contribution in [1.82, 2.24) is 0 Å². The number of carbonyl (C=O) groups excluding carboxylic acids is 2. The van der Waals surface area contributed by atoms with Crippen molar-refractivity contribution in [2.75, 3.05) is 19.0 Å². The highest BCUT2D eigenvalue weighted by atomic mass is 16.5. The minimum Gasteiger partial charge on any atom is -0.497 e. The molecule has 0 saturated heterocycles. The summed E-state index contributed by atoms with van der Waals surface area (Å²) in [4.78, 5) is 23.4. The van der Waals surface area contributed by atoms with Gasteiger partial charge in [0.2, 0.25) is 0 Å². The highest BCUT2D eigenvalue weighted by Gasteiger charge is 2.31. The van der Waals surface area contributed by atoms with E-state index in [1.807, 2.05) is 13.8 Å². The van der Waals surface area contributed by atoms with Gasteiger partial charge >= 0.3 is 5.97 Å². The number of anilines is 1. The predicted octanol–water partition coefficient (Wildman–Crippen LogP) is 2.51. The van der Waals surface area contributed by atoms with Crippen LogP contribution in [0.1, 0.15) is 20.8 Å². The van der Waals surface area contributed by atoms with Gasteiger partial charge in [0.1, 0.15) is 18.1 Å². The summed E-state index contributed by atoms with van der Waals surface area (Å²) >= 11 is 0. The summed E-state index contributed by atoms with van der Waals surface area (Å²) < 4.78 is 10.2. The average molecular weight is 293 g/mol. The predicted molar refractivity (Wildman–Crippen MR) is 81.4 cm³/mol. The Balaban J connectivity index is 2.94. The molecule has 0 amide bonds. The second-order valence-corrected chi connectivity index (χ2v) is 5.06. The fraction of sp³-hybridized carbons (Fsp3) is 0.500. The molecular formula is C16H23NO4. The number of esters is 1. The van der Waals surface area contributed by atoms with E-state index in [1.54, 1.807) is 38.3 Å². The van der Waals surface area contributed by atoms with Crippen molar-refractivity contribution in [2.45, 2.75) is 26.8 Å². The van der Waals surface area contributed by atoms with Gasteiger partial charge in [-0.3, -0.25) is 0 Å². The summed E-state index contributed by atoms with van der Waals surface area (Å²) in [5.41, 5.74) is 0.737. The molecule has 0 spiro atoms. The smallest absolute Gasteiger partial charge is 0.329 e. The quantitative estimate of drug-likeness (QED) is 0.589. The molecular weight excluding hydrogens is 270 g/mol. The van der Waals surface area contributed by atoms with Crippen molar-refractivity contribution in [3.8, 4) is 5.75 Å². The Kier molecular flexibility index (Phi) is 6.72. The van der Waals surface area contributed by atoms with Crippen LogP contribution in [-0.2, 0) is 14.3 Å². The van der Waals surface area contributed by atoms with E-state index in [-0.39, 0.29) is 12.5 Å². The lowest BCUT2D eigenvalue weighted by atomic mass is 9.89. The molecule has 21 heavy (non-hydrogen) atoms. The molecule has 0 aliphatic heterocycles. The van der Waals surface area contributed by atoms with Crippen LogP contribution in [0.4, 0.5) is 5.69 Å². The second-order valence-electron chi connectivity index (χ2n) is 5.06. The molecule has 1 N–H and O–H groups in total. The fourth-order valence-corrected chi connectivity index (χ4v) is 2.03. The molecule has 116 valence electrons. The zero-order chi connectivity index (χ0) is 15.8. The summed E-state index contributed by atoms with van der Waals surface area (Å²) in [5, 5.41) is 3.09. The Morgan fingerprint density at radius 1 is 1.29 bits per heavy atom. The van der Waals surface area contributed by atoms with Gasteiger partial charge in [-0.2, -0.15) is 0 Å². The van der Waals surface area contributed by atoms with Crippen LogP contribution in [0.3, 0.4) is 0 Å². The summed E-state index contributed by atoms with van der Waals surface area (Å²) in [6.07, 6.45) is 0.808. The van der Waals surface area contributed by atoms with Gasteiger partial charge < -0.3 is 19.6 Å². The maximum atomic E-state index is 12.1. The molecule has 1 aromatic rings. The van der Waals surface area contributed by atoms with Gasteiger partial charge in [0, 0.05) is 11.6 Å². The number of carbonyl (C=O) groups is 2. The van der Waals surface area contributed by atoms with Crippen molar-refractivity contribution in [1.29, 1.82) is 0 Å². The summed E-state index contributed by atoms with van der Waals surface area (Å²) in [7, 11) is 1.59. The number of methoxy groups -OCH3 is 1. The first-order valence-electron chi connectivity index (χ1n) is 7.06. The maximum Gasteiger partial charge on any atom is 0.329 e. The van der Waals surface area contributed by atoms with E-state index in [0.717, 1.165) is 17.7 Å². The Labute approximate surface area is 125 Å². The molecule has 0 heterocycles. The molecule has 0 unspecified atom stereocenters. The van der Waals surface area contributed by atoms with E-state index >= 15 is 0 Å². The van der Waals surface area contributed by atoms with Gasteiger partial charge in [-0.15, -0.1) is 0 Å². The van der Waals surface area contributed by atoms with Crippen molar-refractivity contribution < 1.29 is 19.1 Å². The minimum absolute atomic E-state index is 0.0302. The van der Waals surface area contributed by atoms with E-state index in [9.17, 15) is 9.59 Å². The highest BCUT2D eigenvalue weighted by molar-refractivity contribution is 5.83. The molecule has 0 aromatic heterocycles. The zero-order valence-electron chi connectivity index (χ0n) is 13.0. The van der Waals surface area contributed by atoms with E-state index < -0.39 is 17.9 Å². The summed E-state index contributed by atoms with van der Waals surface area (Å²) in [6, 6.07) is 6.47. The first kappa shape index (κ1) is 17.0. The van der Waals surface area contributed by atoms with Gasteiger partial charge in [-0.25, -0.2) is 4.79 Å². The number of rotatable bonds is 8. The molecule has 1 aromatic carbocycles. The molecule has 0 radical (unpaired) electrons. The van der Waals surface area contributed by atoms with E-state index in [2.05, 4.69) is 5.32 Å². The summed E-state index contributed by atoms with van der Waals surface area (Å²) in [6.45, 7) is 5.83. The van der Waals surface area contributed by atoms with Crippen molar-refractivity contribution in [2.24, 2.45) is 11.8 Å². The maximum absolute atomic E-state index is 12.1. The second kappa shape index (κ2) is 8.29. The van der Waals surface area contributed by atoms with Gasteiger partial charge in [0.15, 0.2) is 0 Å². The number of hydrogen-bond donors (Lipinski definition) is 1. The number of benzene rings is 1. The normalized spacial score (nSPS) is 13.4. The first-order chi connectivity index (χ1) is 10.0. The lowest BCUT2D eigenvalue weighted by Crippen LogP contribution is -2.41. The first-order valence-corrected chi connectivity index (χ1v) is 7.06. The van der Waals surface area contributed by atoms with Crippen LogP contribution in [0.25, 0.3) is 0 Å². The summed E-state index contributed by atoms with van der Waals surface area (Å²) in [5.74, 6) is -0.114. The van der Waals surface area contributed by atoms with Crippen LogP contribution >= 0.6 is 0 Å². The van der Waals surface area contributed by atoms with Crippen molar-refractivity contribution in [3.05, 3.63) is 24.3 Å². The van der Waals surface area contributed by atoms with E-state index in [1.165, 1.54) is 0 Å². The average Bonchev–Trinajstić information content (AvgIpc) is 2.47. The fourth-order valence-electron chi connectivity index (χ4n) is 2.03. The third kappa shape index (κ3) is 4.77. The van der Waals surface area contributed by atoms with Gasteiger partial charge in [-0.1, -0.05) is 13.8 Å². The minimum atomic E-state index is -0.698.